The summed E-state index contributed by atoms with van der Waals surface area (Å²) in [6, 6.07) is 18.5. The first kappa shape index (κ1) is 20.9. The van der Waals surface area contributed by atoms with Crippen LogP contribution in [0.1, 0.15) is 27.5 Å². The molecule has 4 N–H and O–H groups in total. The van der Waals surface area contributed by atoms with Crippen molar-refractivity contribution in [2.45, 2.75) is 12.2 Å². The minimum atomic E-state index is -4.51. The molecule has 0 aliphatic carbocycles. The van der Waals surface area contributed by atoms with Gasteiger partial charge in [-0.2, -0.15) is 13.2 Å². The van der Waals surface area contributed by atoms with E-state index in [0.717, 1.165) is 12.1 Å². The van der Waals surface area contributed by atoms with Crippen molar-refractivity contribution in [3.63, 3.8) is 0 Å². The summed E-state index contributed by atoms with van der Waals surface area (Å²) < 4.78 is 38.8. The lowest BCUT2D eigenvalue weighted by atomic mass is 10.0. The molecule has 0 bridgehead atoms. The fourth-order valence-corrected chi connectivity index (χ4v) is 2.83. The van der Waals surface area contributed by atoms with Crippen molar-refractivity contribution in [3.05, 3.63) is 95.6 Å². The molecule has 3 rings (SSSR count). The Morgan fingerprint density at radius 3 is 2.10 bits per heavy atom. The van der Waals surface area contributed by atoms with Crippen LogP contribution in [0.3, 0.4) is 0 Å². The number of nitrogens with two attached hydrogens (primary N) is 1. The van der Waals surface area contributed by atoms with Gasteiger partial charge in [0.2, 0.25) is 5.91 Å². The third kappa shape index (κ3) is 5.16. The van der Waals surface area contributed by atoms with Gasteiger partial charge in [0.15, 0.2) is 0 Å². The highest BCUT2D eigenvalue weighted by Gasteiger charge is 2.30. The molecule has 0 aliphatic rings. The van der Waals surface area contributed by atoms with Gasteiger partial charge >= 0.3 is 6.18 Å². The molecule has 0 saturated heterocycles. The molecular formula is C22H18F3N3O2. The second-order valence-electron chi connectivity index (χ2n) is 6.50. The van der Waals surface area contributed by atoms with E-state index in [2.05, 4.69) is 10.6 Å². The van der Waals surface area contributed by atoms with Crippen LogP contribution >= 0.6 is 0 Å². The molecule has 0 fully saturated rings. The quantitative estimate of drug-likeness (QED) is 0.552. The number of carbonyl (C=O) groups excluding carboxylic acids is 2. The van der Waals surface area contributed by atoms with Crippen LogP contribution in [0, 0.1) is 0 Å². The van der Waals surface area contributed by atoms with Gasteiger partial charge in [-0.1, -0.05) is 36.4 Å². The fourth-order valence-electron chi connectivity index (χ4n) is 2.83. The van der Waals surface area contributed by atoms with E-state index in [1.54, 1.807) is 42.5 Å². The molecule has 2 amide bonds. The Hall–Kier alpha value is -3.81. The van der Waals surface area contributed by atoms with Gasteiger partial charge < -0.3 is 16.4 Å². The molecule has 5 nitrogen and oxygen atoms in total. The number of rotatable bonds is 6. The van der Waals surface area contributed by atoms with E-state index >= 15 is 0 Å². The van der Waals surface area contributed by atoms with Crippen molar-refractivity contribution >= 4 is 23.2 Å². The van der Waals surface area contributed by atoms with Crippen LogP contribution in [0.5, 0.6) is 0 Å². The van der Waals surface area contributed by atoms with Crippen LogP contribution in [0.15, 0.2) is 78.9 Å². The van der Waals surface area contributed by atoms with Crippen LogP contribution in [0.25, 0.3) is 0 Å². The third-order valence-corrected chi connectivity index (χ3v) is 4.33. The molecule has 0 heterocycles. The number of halogens is 3. The maximum absolute atomic E-state index is 12.9. The summed E-state index contributed by atoms with van der Waals surface area (Å²) in [5.41, 5.74) is 5.86. The molecule has 1 atom stereocenters. The molecule has 0 unspecified atom stereocenters. The molecule has 0 saturated carbocycles. The number of nitrogens with one attached hydrogen (secondary N) is 2. The smallest absolute Gasteiger partial charge is 0.370 e. The molecule has 0 radical (unpaired) electrons. The highest BCUT2D eigenvalue weighted by Crippen LogP contribution is 2.31. The average molecular weight is 413 g/mol. The Kier molecular flexibility index (Phi) is 6.06. The summed E-state index contributed by atoms with van der Waals surface area (Å²) in [6.07, 6.45) is -4.51. The van der Waals surface area contributed by atoms with Crippen molar-refractivity contribution in [2.24, 2.45) is 5.73 Å². The minimum Gasteiger partial charge on any atom is -0.370 e. The second-order valence-corrected chi connectivity index (χ2v) is 6.50. The molecule has 8 heteroatoms. The van der Waals surface area contributed by atoms with Gasteiger partial charge in [0.05, 0.1) is 5.56 Å². The molecule has 0 aromatic heterocycles. The van der Waals surface area contributed by atoms with Crippen molar-refractivity contribution in [3.8, 4) is 0 Å². The van der Waals surface area contributed by atoms with E-state index in [-0.39, 0.29) is 5.69 Å². The molecule has 154 valence electrons. The van der Waals surface area contributed by atoms with Gasteiger partial charge in [0.25, 0.3) is 5.91 Å². The van der Waals surface area contributed by atoms with E-state index in [1.807, 2.05) is 0 Å². The summed E-state index contributed by atoms with van der Waals surface area (Å²) in [5.74, 6) is -1.12. The number of anilines is 2. The maximum Gasteiger partial charge on any atom is 0.416 e. The van der Waals surface area contributed by atoms with Crippen LogP contribution in [-0.4, -0.2) is 11.8 Å². The van der Waals surface area contributed by atoms with Crippen molar-refractivity contribution in [2.75, 3.05) is 10.6 Å². The standard InChI is InChI=1S/C22H18F3N3O2/c23-22(24,25)16-7-4-8-18(13-16)28-21(30)19(14-5-2-1-3-6-14)27-17-11-9-15(10-12-17)20(26)29/h1-13,19,27H,(H2,26,29)(H,28,30)/t19-/m0/s1. The lowest BCUT2D eigenvalue weighted by Gasteiger charge is -2.20. The summed E-state index contributed by atoms with van der Waals surface area (Å²) in [5, 5.41) is 5.57. The van der Waals surface area contributed by atoms with Crippen molar-refractivity contribution in [1.82, 2.24) is 0 Å². The predicted octanol–water partition coefficient (Wildman–Crippen LogP) is 4.60. The monoisotopic (exact) mass is 413 g/mol. The van der Waals surface area contributed by atoms with Crippen LogP contribution < -0.4 is 16.4 Å². The lowest BCUT2D eigenvalue weighted by molar-refractivity contribution is -0.137. The number of amides is 2. The van der Waals surface area contributed by atoms with E-state index in [9.17, 15) is 22.8 Å². The van der Waals surface area contributed by atoms with E-state index < -0.39 is 29.6 Å². The number of hydrogen-bond donors (Lipinski definition) is 3. The fraction of sp³-hybridized carbons (Fsp3) is 0.0909. The minimum absolute atomic E-state index is 0.0293. The number of benzene rings is 3. The number of primary amides is 1. The first-order valence-electron chi connectivity index (χ1n) is 8.93. The van der Waals surface area contributed by atoms with E-state index in [1.165, 1.54) is 24.3 Å². The number of alkyl halides is 3. The molecule has 3 aromatic carbocycles. The summed E-state index contributed by atoms with van der Waals surface area (Å²) in [7, 11) is 0. The molecular weight excluding hydrogens is 395 g/mol. The Labute approximate surface area is 170 Å². The Morgan fingerprint density at radius 1 is 0.833 bits per heavy atom. The number of carbonyl (C=O) groups is 2. The molecule has 0 spiro atoms. The van der Waals surface area contributed by atoms with Gasteiger partial charge in [-0.25, -0.2) is 0 Å². The molecule has 0 aliphatic heterocycles. The Morgan fingerprint density at radius 2 is 1.50 bits per heavy atom. The number of hydrogen-bond acceptors (Lipinski definition) is 3. The third-order valence-electron chi connectivity index (χ3n) is 4.33. The van der Waals surface area contributed by atoms with Gasteiger partial charge in [-0.05, 0) is 48.0 Å². The zero-order valence-electron chi connectivity index (χ0n) is 15.6. The topological polar surface area (TPSA) is 84.2 Å². The van der Waals surface area contributed by atoms with E-state index in [0.29, 0.717) is 16.8 Å². The summed E-state index contributed by atoms with van der Waals surface area (Å²) >= 11 is 0. The SMILES string of the molecule is NC(=O)c1ccc(N[C@H](C(=O)Nc2cccc(C(F)(F)F)c2)c2ccccc2)cc1. The van der Waals surface area contributed by atoms with Crippen LogP contribution in [-0.2, 0) is 11.0 Å². The van der Waals surface area contributed by atoms with Crippen molar-refractivity contribution < 1.29 is 22.8 Å². The largest absolute Gasteiger partial charge is 0.416 e. The first-order valence-corrected chi connectivity index (χ1v) is 8.93. The van der Waals surface area contributed by atoms with Gasteiger partial charge in [-0.3, -0.25) is 9.59 Å². The zero-order valence-corrected chi connectivity index (χ0v) is 15.6. The summed E-state index contributed by atoms with van der Waals surface area (Å²) in [4.78, 5) is 24.1. The summed E-state index contributed by atoms with van der Waals surface area (Å²) in [6.45, 7) is 0. The Bertz CT molecular complexity index is 1040. The molecule has 3 aromatic rings. The second kappa shape index (κ2) is 8.69. The predicted molar refractivity (Wildman–Crippen MR) is 108 cm³/mol. The Balaban J connectivity index is 1.85. The van der Waals surface area contributed by atoms with Gasteiger partial charge in [0.1, 0.15) is 6.04 Å². The van der Waals surface area contributed by atoms with Crippen LogP contribution in [0.2, 0.25) is 0 Å². The van der Waals surface area contributed by atoms with Gasteiger partial charge in [0, 0.05) is 16.9 Å². The van der Waals surface area contributed by atoms with Gasteiger partial charge in [-0.15, -0.1) is 0 Å². The highest BCUT2D eigenvalue weighted by molar-refractivity contribution is 5.97. The molecule has 30 heavy (non-hydrogen) atoms. The van der Waals surface area contributed by atoms with Crippen LogP contribution in [0.4, 0.5) is 24.5 Å². The highest BCUT2D eigenvalue weighted by atomic mass is 19.4. The average Bonchev–Trinajstić information content (AvgIpc) is 2.72. The van der Waals surface area contributed by atoms with Crippen molar-refractivity contribution in [1.29, 1.82) is 0 Å². The zero-order chi connectivity index (χ0) is 21.7. The lowest BCUT2D eigenvalue weighted by Crippen LogP contribution is -2.27. The normalized spacial score (nSPS) is 12.1. The van der Waals surface area contributed by atoms with E-state index in [4.69, 9.17) is 5.73 Å². The first-order chi connectivity index (χ1) is 14.2. The maximum atomic E-state index is 12.9.